The Hall–Kier alpha value is -2.62. The van der Waals surface area contributed by atoms with Gasteiger partial charge in [-0.2, -0.15) is 0 Å². The summed E-state index contributed by atoms with van der Waals surface area (Å²) in [4.78, 5) is 14.8. The number of nitrogens with zero attached hydrogens (tertiary/aromatic N) is 1. The Morgan fingerprint density at radius 3 is 2.36 bits per heavy atom. The molecule has 33 heavy (non-hydrogen) atoms. The normalized spacial score (nSPS) is 11.5. The van der Waals surface area contributed by atoms with Gasteiger partial charge >= 0.3 is 0 Å². The molecule has 2 aromatic rings. The number of sulfonamides is 1. The zero-order valence-electron chi connectivity index (χ0n) is 20.1. The first-order valence-corrected chi connectivity index (χ1v) is 12.6. The van der Waals surface area contributed by atoms with Crippen LogP contribution in [0.15, 0.2) is 41.3 Å². The van der Waals surface area contributed by atoms with Crippen molar-refractivity contribution in [3.05, 3.63) is 47.5 Å². The lowest BCUT2D eigenvalue weighted by atomic mass is 10.1. The Labute approximate surface area is 197 Å². The first-order valence-electron chi connectivity index (χ1n) is 11.1. The van der Waals surface area contributed by atoms with Crippen molar-refractivity contribution < 1.29 is 22.7 Å². The fraction of sp³-hybridized carbons (Fsp3) is 0.458. The molecule has 0 aliphatic rings. The predicted molar refractivity (Wildman–Crippen MR) is 131 cm³/mol. The topological polar surface area (TPSA) is 97.0 Å². The molecular weight excluding hydrogens is 442 g/mol. The summed E-state index contributed by atoms with van der Waals surface area (Å²) in [6.07, 6.45) is -0.00570. The molecule has 0 aliphatic carbocycles. The summed E-state index contributed by atoms with van der Waals surface area (Å²) in [7, 11) is -2.11. The molecule has 0 aliphatic heterocycles. The molecule has 0 atom stereocenters. The van der Waals surface area contributed by atoms with Crippen molar-refractivity contribution in [3.63, 3.8) is 0 Å². The van der Waals surface area contributed by atoms with Crippen LogP contribution in [0.2, 0.25) is 0 Å². The number of ether oxygens (including phenoxy) is 2. The van der Waals surface area contributed by atoms with Crippen LogP contribution in [0, 0.1) is 13.8 Å². The number of likely N-dealkylation sites (N-methyl/N-ethyl adjacent to an activating group) is 1. The number of carbonyl (C=O) groups is 1. The number of hydrogen-bond donors (Lipinski definition) is 2. The lowest BCUT2D eigenvalue weighted by Crippen LogP contribution is -2.28. The van der Waals surface area contributed by atoms with E-state index in [9.17, 15) is 13.2 Å². The lowest BCUT2D eigenvalue weighted by molar-refractivity contribution is -0.116. The van der Waals surface area contributed by atoms with Crippen LogP contribution in [0.3, 0.4) is 0 Å². The highest BCUT2D eigenvalue weighted by Gasteiger charge is 2.15. The van der Waals surface area contributed by atoms with Gasteiger partial charge in [0.05, 0.1) is 12.0 Å². The Kier molecular flexibility index (Phi) is 10.1. The highest BCUT2D eigenvalue weighted by molar-refractivity contribution is 7.89. The molecule has 2 rings (SSSR count). The molecule has 0 unspecified atom stereocenters. The monoisotopic (exact) mass is 477 g/mol. The molecule has 0 spiro atoms. The molecule has 0 radical (unpaired) electrons. The van der Waals surface area contributed by atoms with Gasteiger partial charge in [-0.1, -0.05) is 19.9 Å². The van der Waals surface area contributed by atoms with Crippen LogP contribution in [0.4, 0.5) is 5.69 Å². The number of carbonyl (C=O) groups excluding carboxylic acids is 1. The molecule has 2 N–H and O–H groups in total. The van der Waals surface area contributed by atoms with Crippen LogP contribution in [-0.2, 0) is 14.8 Å². The molecule has 0 fully saturated rings. The molecule has 0 aromatic heterocycles. The van der Waals surface area contributed by atoms with E-state index in [1.54, 1.807) is 43.5 Å². The fourth-order valence-electron chi connectivity index (χ4n) is 3.18. The minimum atomic E-state index is -3.68. The minimum absolute atomic E-state index is 0.00570. The van der Waals surface area contributed by atoms with Crippen molar-refractivity contribution in [1.82, 2.24) is 9.62 Å². The quantitative estimate of drug-likeness (QED) is 0.459. The zero-order chi connectivity index (χ0) is 24.4. The molecule has 0 bridgehead atoms. The maximum atomic E-state index is 12.5. The van der Waals surface area contributed by atoms with E-state index in [0.717, 1.165) is 30.8 Å². The molecule has 9 heteroatoms. The molecule has 2 aromatic carbocycles. The second-order valence-electron chi connectivity index (χ2n) is 7.68. The van der Waals surface area contributed by atoms with Crippen molar-refractivity contribution in [3.8, 4) is 11.5 Å². The second-order valence-corrected chi connectivity index (χ2v) is 9.45. The van der Waals surface area contributed by atoms with Gasteiger partial charge in [-0.25, -0.2) is 13.1 Å². The number of anilines is 1. The molecule has 1 amide bonds. The van der Waals surface area contributed by atoms with Gasteiger partial charge in [0.1, 0.15) is 6.61 Å². The number of benzene rings is 2. The summed E-state index contributed by atoms with van der Waals surface area (Å²) in [6, 6.07) is 10.1. The largest absolute Gasteiger partial charge is 0.493 e. The van der Waals surface area contributed by atoms with Gasteiger partial charge in [0.15, 0.2) is 11.5 Å². The molecule has 8 nitrogen and oxygen atoms in total. The van der Waals surface area contributed by atoms with E-state index in [4.69, 9.17) is 9.47 Å². The Balaban J connectivity index is 1.91. The van der Waals surface area contributed by atoms with Gasteiger partial charge in [-0.3, -0.25) is 4.79 Å². The van der Waals surface area contributed by atoms with Crippen molar-refractivity contribution in [2.75, 3.05) is 45.2 Å². The van der Waals surface area contributed by atoms with Gasteiger partial charge in [-0.05, 0) is 62.3 Å². The number of aryl methyl sites for hydroxylation is 2. The maximum Gasteiger partial charge on any atom is 0.240 e. The van der Waals surface area contributed by atoms with Crippen LogP contribution in [0.25, 0.3) is 0 Å². The third-order valence-electron chi connectivity index (χ3n) is 5.44. The SMILES string of the molecule is CCN(CC)CCOc1cc(NC(=O)CCNS(=O)(=O)c2ccc(C)c(C)c2)ccc1OC. The van der Waals surface area contributed by atoms with E-state index in [1.165, 1.54) is 0 Å². The van der Waals surface area contributed by atoms with Crippen molar-refractivity contribution in [2.24, 2.45) is 0 Å². The number of methoxy groups -OCH3 is 1. The van der Waals surface area contributed by atoms with Gasteiger partial charge in [0.25, 0.3) is 0 Å². The molecule has 0 heterocycles. The summed E-state index contributed by atoms with van der Waals surface area (Å²) in [5, 5.41) is 2.78. The van der Waals surface area contributed by atoms with Gasteiger partial charge < -0.3 is 19.7 Å². The van der Waals surface area contributed by atoms with Crippen LogP contribution in [-0.4, -0.2) is 59.1 Å². The van der Waals surface area contributed by atoms with Crippen LogP contribution in [0.5, 0.6) is 11.5 Å². The summed E-state index contributed by atoms with van der Waals surface area (Å²) >= 11 is 0. The second kappa shape index (κ2) is 12.6. The minimum Gasteiger partial charge on any atom is -0.493 e. The van der Waals surface area contributed by atoms with Gasteiger partial charge in [0, 0.05) is 31.3 Å². The fourth-order valence-corrected chi connectivity index (χ4v) is 4.30. The predicted octanol–water partition coefficient (Wildman–Crippen LogP) is 3.34. The third-order valence-corrected chi connectivity index (χ3v) is 6.90. The third kappa shape index (κ3) is 8.03. The Bertz CT molecular complexity index is 1040. The lowest BCUT2D eigenvalue weighted by Gasteiger charge is -2.19. The highest BCUT2D eigenvalue weighted by atomic mass is 32.2. The van der Waals surface area contributed by atoms with E-state index in [-0.39, 0.29) is 23.8 Å². The smallest absolute Gasteiger partial charge is 0.240 e. The van der Waals surface area contributed by atoms with Crippen molar-refractivity contribution >= 4 is 21.6 Å². The maximum absolute atomic E-state index is 12.5. The van der Waals surface area contributed by atoms with E-state index in [1.807, 2.05) is 13.8 Å². The van der Waals surface area contributed by atoms with E-state index in [0.29, 0.717) is 23.8 Å². The van der Waals surface area contributed by atoms with Crippen molar-refractivity contribution in [1.29, 1.82) is 0 Å². The first kappa shape index (κ1) is 26.6. The number of rotatable bonds is 13. The Morgan fingerprint density at radius 2 is 1.73 bits per heavy atom. The molecular formula is C24H35N3O5S. The number of amides is 1. The van der Waals surface area contributed by atoms with Gasteiger partial charge in [0.2, 0.25) is 15.9 Å². The van der Waals surface area contributed by atoms with E-state index < -0.39 is 10.0 Å². The standard InChI is InChI=1S/C24H35N3O5S/c1-6-27(7-2)14-15-32-23-17-20(9-11-22(23)31-5)26-24(28)12-13-25-33(29,30)21-10-8-18(3)19(4)16-21/h8-11,16-17,25H,6-7,12-15H2,1-5H3,(H,26,28). The average molecular weight is 478 g/mol. The average Bonchev–Trinajstić information content (AvgIpc) is 2.78. The first-order chi connectivity index (χ1) is 15.7. The summed E-state index contributed by atoms with van der Waals surface area (Å²) < 4.78 is 38.6. The van der Waals surface area contributed by atoms with E-state index in [2.05, 4.69) is 28.8 Å². The van der Waals surface area contributed by atoms with Crippen LogP contribution in [0.1, 0.15) is 31.4 Å². The van der Waals surface area contributed by atoms with Crippen LogP contribution >= 0.6 is 0 Å². The van der Waals surface area contributed by atoms with Gasteiger partial charge in [-0.15, -0.1) is 0 Å². The van der Waals surface area contributed by atoms with E-state index >= 15 is 0 Å². The summed E-state index contributed by atoms with van der Waals surface area (Å²) in [5.74, 6) is 0.809. The highest BCUT2D eigenvalue weighted by Crippen LogP contribution is 2.30. The number of nitrogens with one attached hydrogen (secondary N) is 2. The molecule has 182 valence electrons. The Morgan fingerprint density at radius 1 is 1.00 bits per heavy atom. The molecule has 0 saturated heterocycles. The summed E-state index contributed by atoms with van der Waals surface area (Å²) in [6.45, 7) is 11.1. The molecule has 0 saturated carbocycles. The van der Waals surface area contributed by atoms with Crippen LogP contribution < -0.4 is 19.5 Å². The number of hydrogen-bond acceptors (Lipinski definition) is 6. The zero-order valence-corrected chi connectivity index (χ0v) is 20.9. The van der Waals surface area contributed by atoms with Crippen molar-refractivity contribution in [2.45, 2.75) is 39.0 Å². The summed E-state index contributed by atoms with van der Waals surface area (Å²) in [5.41, 5.74) is 2.46.